The van der Waals surface area contributed by atoms with Gasteiger partial charge in [-0.25, -0.2) is 4.98 Å². The second-order valence-electron chi connectivity index (χ2n) is 3.56. The Kier molecular flexibility index (Phi) is 3.61. The highest BCUT2D eigenvalue weighted by molar-refractivity contribution is 9.10. The number of para-hydroxylation sites is 1. The molecule has 8 heteroatoms. The largest absolute Gasteiger partial charge is 0.418 e. The molecular formula is C11H7BrF3N3O. The molecule has 0 amide bonds. The van der Waals surface area contributed by atoms with Gasteiger partial charge in [-0.05, 0) is 28.1 Å². The van der Waals surface area contributed by atoms with Gasteiger partial charge in [0.25, 0.3) is 5.56 Å². The van der Waals surface area contributed by atoms with Crippen molar-refractivity contribution in [3.05, 3.63) is 51.0 Å². The van der Waals surface area contributed by atoms with Crippen molar-refractivity contribution in [2.45, 2.75) is 6.18 Å². The average molecular weight is 334 g/mol. The van der Waals surface area contributed by atoms with E-state index in [1.165, 1.54) is 18.2 Å². The molecule has 2 rings (SSSR count). The van der Waals surface area contributed by atoms with Crippen LogP contribution < -0.4 is 10.9 Å². The highest BCUT2D eigenvalue weighted by Crippen LogP contribution is 2.36. The van der Waals surface area contributed by atoms with E-state index in [0.29, 0.717) is 0 Å². The van der Waals surface area contributed by atoms with Crippen LogP contribution in [0.1, 0.15) is 5.56 Å². The van der Waals surface area contributed by atoms with Crippen LogP contribution in [0.4, 0.5) is 24.7 Å². The second-order valence-corrected chi connectivity index (χ2v) is 4.36. The van der Waals surface area contributed by atoms with Gasteiger partial charge in [0.1, 0.15) is 4.47 Å². The Morgan fingerprint density at radius 3 is 2.63 bits per heavy atom. The van der Waals surface area contributed by atoms with Crippen LogP contribution in [0, 0.1) is 0 Å². The van der Waals surface area contributed by atoms with Crippen LogP contribution in [0.5, 0.6) is 0 Å². The fraction of sp³-hybridized carbons (Fsp3) is 0.0909. The number of anilines is 2. The third-order valence-corrected chi connectivity index (χ3v) is 3.02. The van der Waals surface area contributed by atoms with Gasteiger partial charge in [0.15, 0.2) is 5.82 Å². The van der Waals surface area contributed by atoms with E-state index >= 15 is 0 Å². The Bertz CT molecular complexity index is 654. The van der Waals surface area contributed by atoms with Crippen molar-refractivity contribution < 1.29 is 13.2 Å². The number of alkyl halides is 3. The summed E-state index contributed by atoms with van der Waals surface area (Å²) in [5.41, 5.74) is -1.49. The zero-order valence-electron chi connectivity index (χ0n) is 9.25. The molecule has 0 saturated heterocycles. The van der Waals surface area contributed by atoms with Gasteiger partial charge in [-0.15, -0.1) is 0 Å². The molecular weight excluding hydrogens is 327 g/mol. The lowest BCUT2D eigenvalue weighted by atomic mass is 10.1. The number of hydrogen-bond donors (Lipinski definition) is 2. The Morgan fingerprint density at radius 1 is 1.26 bits per heavy atom. The average Bonchev–Trinajstić information content (AvgIpc) is 2.34. The van der Waals surface area contributed by atoms with E-state index in [1.807, 2.05) is 0 Å². The summed E-state index contributed by atoms with van der Waals surface area (Å²) in [7, 11) is 0. The van der Waals surface area contributed by atoms with E-state index in [1.54, 1.807) is 0 Å². The first-order chi connectivity index (χ1) is 8.89. The van der Waals surface area contributed by atoms with Crippen LogP contribution >= 0.6 is 15.9 Å². The Hall–Kier alpha value is -1.83. The predicted octanol–water partition coefficient (Wildman–Crippen LogP) is 3.29. The minimum absolute atomic E-state index is 0.0143. The second kappa shape index (κ2) is 5.04. The van der Waals surface area contributed by atoms with Gasteiger partial charge in [0.2, 0.25) is 0 Å². The normalized spacial score (nSPS) is 11.4. The molecule has 1 aromatic heterocycles. The molecule has 0 aliphatic heterocycles. The van der Waals surface area contributed by atoms with Crippen molar-refractivity contribution >= 4 is 27.4 Å². The number of benzene rings is 1. The molecule has 0 radical (unpaired) electrons. The summed E-state index contributed by atoms with van der Waals surface area (Å²) in [6, 6.07) is 4.95. The lowest BCUT2D eigenvalue weighted by molar-refractivity contribution is -0.136. The SMILES string of the molecule is O=c1[nH]cnc(Nc2ccccc2C(F)(F)F)c1Br. The highest BCUT2D eigenvalue weighted by Gasteiger charge is 2.33. The predicted molar refractivity (Wildman–Crippen MR) is 67.3 cm³/mol. The molecule has 0 unspecified atom stereocenters. The summed E-state index contributed by atoms with van der Waals surface area (Å²) < 4.78 is 38.4. The molecule has 0 fully saturated rings. The smallest absolute Gasteiger partial charge is 0.339 e. The molecule has 0 aliphatic rings. The number of H-pyrrole nitrogens is 1. The van der Waals surface area contributed by atoms with Gasteiger partial charge < -0.3 is 10.3 Å². The lowest BCUT2D eigenvalue weighted by Crippen LogP contribution is -2.13. The molecule has 0 bridgehead atoms. The highest BCUT2D eigenvalue weighted by atomic mass is 79.9. The number of rotatable bonds is 2. The maximum atomic E-state index is 12.8. The first-order valence-electron chi connectivity index (χ1n) is 5.06. The lowest BCUT2D eigenvalue weighted by Gasteiger charge is -2.14. The molecule has 0 spiro atoms. The van der Waals surface area contributed by atoms with Crippen molar-refractivity contribution in [1.82, 2.24) is 9.97 Å². The van der Waals surface area contributed by atoms with E-state index in [0.717, 1.165) is 12.4 Å². The summed E-state index contributed by atoms with van der Waals surface area (Å²) >= 11 is 2.96. The third-order valence-electron chi connectivity index (χ3n) is 2.28. The molecule has 4 nitrogen and oxygen atoms in total. The van der Waals surface area contributed by atoms with Crippen molar-refractivity contribution in [2.75, 3.05) is 5.32 Å². The number of nitrogens with one attached hydrogen (secondary N) is 2. The van der Waals surface area contributed by atoms with Crippen molar-refractivity contribution in [3.8, 4) is 0 Å². The molecule has 1 heterocycles. The molecule has 0 atom stereocenters. The van der Waals surface area contributed by atoms with Crippen LogP contribution in [-0.2, 0) is 6.18 Å². The van der Waals surface area contributed by atoms with Gasteiger partial charge in [-0.2, -0.15) is 13.2 Å². The first-order valence-corrected chi connectivity index (χ1v) is 5.85. The Labute approximate surface area is 113 Å². The maximum Gasteiger partial charge on any atom is 0.418 e. The minimum Gasteiger partial charge on any atom is -0.339 e. The number of hydrogen-bond acceptors (Lipinski definition) is 3. The van der Waals surface area contributed by atoms with Gasteiger partial charge in [-0.1, -0.05) is 12.1 Å². The van der Waals surface area contributed by atoms with E-state index in [4.69, 9.17) is 0 Å². The van der Waals surface area contributed by atoms with Crippen molar-refractivity contribution in [3.63, 3.8) is 0 Å². The topological polar surface area (TPSA) is 57.8 Å². The van der Waals surface area contributed by atoms with Crippen LogP contribution in [0.25, 0.3) is 0 Å². The zero-order chi connectivity index (χ0) is 14.0. The summed E-state index contributed by atoms with van der Waals surface area (Å²) in [5.74, 6) is 0.0143. The Balaban J connectivity index is 2.45. The summed E-state index contributed by atoms with van der Waals surface area (Å²) in [6.07, 6.45) is -3.39. The molecule has 0 aliphatic carbocycles. The van der Waals surface area contributed by atoms with Crippen molar-refractivity contribution in [1.29, 1.82) is 0 Å². The van der Waals surface area contributed by atoms with Crippen LogP contribution in [0.15, 0.2) is 39.9 Å². The van der Waals surface area contributed by atoms with Gasteiger partial charge in [-0.3, -0.25) is 4.79 Å². The number of aromatic nitrogens is 2. The fourth-order valence-corrected chi connectivity index (χ4v) is 1.75. The maximum absolute atomic E-state index is 12.8. The minimum atomic E-state index is -4.49. The quantitative estimate of drug-likeness (QED) is 0.886. The molecule has 1 aromatic carbocycles. The van der Waals surface area contributed by atoms with E-state index in [9.17, 15) is 18.0 Å². The standard InChI is InChI=1S/C11H7BrF3N3O/c12-8-9(16-5-17-10(8)19)18-7-4-2-1-3-6(7)11(13,14)15/h1-5H,(H2,16,17,18,19). The van der Waals surface area contributed by atoms with Gasteiger partial charge in [0.05, 0.1) is 17.6 Å². The van der Waals surface area contributed by atoms with E-state index in [2.05, 4.69) is 31.2 Å². The number of nitrogens with zero attached hydrogens (tertiary/aromatic N) is 1. The van der Waals surface area contributed by atoms with Crippen LogP contribution in [0.3, 0.4) is 0 Å². The van der Waals surface area contributed by atoms with Crippen molar-refractivity contribution in [2.24, 2.45) is 0 Å². The van der Waals surface area contributed by atoms with E-state index in [-0.39, 0.29) is 16.0 Å². The zero-order valence-corrected chi connectivity index (χ0v) is 10.8. The molecule has 19 heavy (non-hydrogen) atoms. The third kappa shape index (κ3) is 2.95. The molecule has 0 saturated carbocycles. The fourth-order valence-electron chi connectivity index (χ4n) is 1.44. The number of halogens is 4. The first kappa shape index (κ1) is 13.6. The Morgan fingerprint density at radius 2 is 1.95 bits per heavy atom. The van der Waals surface area contributed by atoms with Gasteiger partial charge in [0, 0.05) is 0 Å². The van der Waals surface area contributed by atoms with Gasteiger partial charge >= 0.3 is 6.18 Å². The summed E-state index contributed by atoms with van der Waals surface area (Å²) in [4.78, 5) is 17.4. The summed E-state index contributed by atoms with van der Waals surface area (Å²) in [5, 5.41) is 2.49. The van der Waals surface area contributed by atoms with Crippen LogP contribution in [-0.4, -0.2) is 9.97 Å². The molecule has 2 aromatic rings. The molecule has 100 valence electrons. The monoisotopic (exact) mass is 333 g/mol. The molecule has 2 N–H and O–H groups in total. The summed E-state index contributed by atoms with van der Waals surface area (Å²) in [6.45, 7) is 0. The number of aromatic amines is 1. The van der Waals surface area contributed by atoms with E-state index < -0.39 is 17.3 Å². The van der Waals surface area contributed by atoms with Crippen LogP contribution in [0.2, 0.25) is 0 Å².